The molecule has 0 amide bonds. The Hall–Kier alpha value is -3.35. The van der Waals surface area contributed by atoms with Gasteiger partial charge in [0.1, 0.15) is 18.0 Å². The molecule has 6 nitrogen and oxygen atoms in total. The van der Waals surface area contributed by atoms with E-state index in [0.717, 1.165) is 0 Å². The van der Waals surface area contributed by atoms with Crippen molar-refractivity contribution >= 4 is 18.0 Å². The summed E-state index contributed by atoms with van der Waals surface area (Å²) in [6.07, 6.45) is 1.36. The van der Waals surface area contributed by atoms with Crippen molar-refractivity contribution < 1.29 is 32.9 Å². The van der Waals surface area contributed by atoms with Gasteiger partial charge in [-0.25, -0.2) is 14.0 Å². The Morgan fingerprint density at radius 2 is 1.75 bits per heavy atom. The van der Waals surface area contributed by atoms with E-state index in [0.29, 0.717) is 22.6 Å². The highest BCUT2D eigenvalue weighted by atomic mass is 19.1. The summed E-state index contributed by atoms with van der Waals surface area (Å²) in [4.78, 5) is 24.2. The number of methoxy groups -OCH3 is 1. The highest BCUT2D eigenvalue weighted by Crippen LogP contribution is 2.31. The Kier molecular flexibility index (Phi) is 5.35. The van der Waals surface area contributed by atoms with Crippen molar-refractivity contribution in [3.8, 4) is 11.5 Å². The highest BCUT2D eigenvalue weighted by molar-refractivity contribution is 6.18. The predicted octanol–water partition coefficient (Wildman–Crippen LogP) is 3.63. The zero-order chi connectivity index (χ0) is 20.3. The predicted molar refractivity (Wildman–Crippen MR) is 98.0 cm³/mol. The fourth-order valence-electron chi connectivity index (χ4n) is 2.63. The number of ether oxygens (including phenoxy) is 4. The topological polar surface area (TPSA) is 71.1 Å². The van der Waals surface area contributed by atoms with Gasteiger partial charge in [-0.15, -0.1) is 0 Å². The van der Waals surface area contributed by atoms with E-state index in [9.17, 15) is 14.0 Å². The second-order valence-electron chi connectivity index (χ2n) is 6.57. The van der Waals surface area contributed by atoms with Gasteiger partial charge in [0.25, 0.3) is 5.79 Å². The van der Waals surface area contributed by atoms with Crippen LogP contribution in [0.4, 0.5) is 4.39 Å². The molecule has 0 unspecified atom stereocenters. The largest absolute Gasteiger partial charge is 0.493 e. The van der Waals surface area contributed by atoms with Crippen molar-refractivity contribution in [2.45, 2.75) is 26.2 Å². The minimum atomic E-state index is -1.30. The van der Waals surface area contributed by atoms with E-state index >= 15 is 0 Å². The summed E-state index contributed by atoms with van der Waals surface area (Å²) in [5.74, 6) is -2.36. The van der Waals surface area contributed by atoms with Crippen molar-refractivity contribution in [2.24, 2.45) is 0 Å². The van der Waals surface area contributed by atoms with Gasteiger partial charge in [-0.3, -0.25) is 0 Å². The first-order valence-corrected chi connectivity index (χ1v) is 8.51. The Balaban J connectivity index is 1.84. The number of halogens is 1. The lowest BCUT2D eigenvalue weighted by molar-refractivity contribution is -0.222. The molecule has 146 valence electrons. The van der Waals surface area contributed by atoms with E-state index in [4.69, 9.17) is 18.9 Å². The van der Waals surface area contributed by atoms with Crippen LogP contribution in [0, 0.1) is 5.82 Å². The summed E-state index contributed by atoms with van der Waals surface area (Å²) in [7, 11) is 1.49. The van der Waals surface area contributed by atoms with Crippen LogP contribution < -0.4 is 9.47 Å². The van der Waals surface area contributed by atoms with E-state index in [2.05, 4.69) is 0 Å². The fourth-order valence-corrected chi connectivity index (χ4v) is 2.63. The van der Waals surface area contributed by atoms with Gasteiger partial charge in [0.2, 0.25) is 0 Å². The molecule has 0 atom stereocenters. The van der Waals surface area contributed by atoms with Gasteiger partial charge in [0.05, 0.1) is 7.11 Å². The minimum absolute atomic E-state index is 0.117. The van der Waals surface area contributed by atoms with Crippen LogP contribution in [0.1, 0.15) is 25.0 Å². The molecule has 3 rings (SSSR count). The summed E-state index contributed by atoms with van der Waals surface area (Å²) in [6.45, 7) is 3.07. The van der Waals surface area contributed by atoms with Crippen LogP contribution in [0.3, 0.4) is 0 Å². The molecule has 1 aliphatic heterocycles. The fraction of sp³-hybridized carbons (Fsp3) is 0.238. The van der Waals surface area contributed by atoms with Crippen molar-refractivity contribution in [3.05, 3.63) is 65.0 Å². The summed E-state index contributed by atoms with van der Waals surface area (Å²) < 4.78 is 34.5. The zero-order valence-corrected chi connectivity index (χ0v) is 15.7. The third-order valence-corrected chi connectivity index (χ3v) is 3.90. The number of benzene rings is 2. The number of esters is 2. The van der Waals surface area contributed by atoms with E-state index in [-0.39, 0.29) is 18.0 Å². The average Bonchev–Trinajstić information content (AvgIpc) is 2.62. The van der Waals surface area contributed by atoms with Crippen LogP contribution in [0.2, 0.25) is 0 Å². The standard InChI is InChI=1S/C21H19FO6/c1-21(2)27-19(23)16(20(24)28-21)10-13-7-8-17(25-3)18(11-13)26-12-14-5-4-6-15(22)9-14/h4-11H,12H2,1-3H3. The Bertz CT molecular complexity index is 926. The normalized spacial score (nSPS) is 15.5. The summed E-state index contributed by atoms with van der Waals surface area (Å²) in [6, 6.07) is 10.9. The number of carbonyl (C=O) groups is 2. The molecule has 1 saturated heterocycles. The molecule has 1 aliphatic rings. The lowest BCUT2D eigenvalue weighted by atomic mass is 10.1. The van der Waals surface area contributed by atoms with Crippen LogP contribution in [0.5, 0.6) is 11.5 Å². The number of cyclic esters (lactones) is 2. The number of carbonyl (C=O) groups excluding carboxylic acids is 2. The first-order chi connectivity index (χ1) is 13.3. The molecular formula is C21H19FO6. The van der Waals surface area contributed by atoms with Gasteiger partial charge in [-0.1, -0.05) is 18.2 Å². The summed E-state index contributed by atoms with van der Waals surface area (Å²) in [5, 5.41) is 0. The third-order valence-electron chi connectivity index (χ3n) is 3.90. The van der Waals surface area contributed by atoms with E-state index in [1.807, 2.05) is 0 Å². The first-order valence-electron chi connectivity index (χ1n) is 8.51. The first kappa shape index (κ1) is 19.4. The molecule has 0 N–H and O–H groups in total. The van der Waals surface area contributed by atoms with Gasteiger partial charge in [0.15, 0.2) is 11.5 Å². The molecule has 0 bridgehead atoms. The quantitative estimate of drug-likeness (QED) is 0.444. The van der Waals surface area contributed by atoms with Gasteiger partial charge >= 0.3 is 11.9 Å². The Labute approximate surface area is 161 Å². The van der Waals surface area contributed by atoms with E-state index in [1.165, 1.54) is 39.2 Å². The molecule has 0 spiro atoms. The lowest BCUT2D eigenvalue weighted by Crippen LogP contribution is -2.41. The van der Waals surface area contributed by atoms with Gasteiger partial charge in [-0.2, -0.15) is 0 Å². The maximum Gasteiger partial charge on any atom is 0.348 e. The van der Waals surface area contributed by atoms with Crippen LogP contribution in [-0.2, 0) is 25.7 Å². The van der Waals surface area contributed by atoms with Gasteiger partial charge < -0.3 is 18.9 Å². The Morgan fingerprint density at radius 1 is 1.04 bits per heavy atom. The van der Waals surface area contributed by atoms with Crippen LogP contribution in [-0.4, -0.2) is 24.8 Å². The highest BCUT2D eigenvalue weighted by Gasteiger charge is 2.38. The summed E-state index contributed by atoms with van der Waals surface area (Å²) in [5.41, 5.74) is 0.937. The molecule has 1 fully saturated rings. The molecule has 2 aromatic rings. The lowest BCUT2D eigenvalue weighted by Gasteiger charge is -2.29. The maximum atomic E-state index is 13.3. The molecule has 7 heteroatoms. The van der Waals surface area contributed by atoms with Crippen molar-refractivity contribution in [1.29, 1.82) is 0 Å². The second-order valence-corrected chi connectivity index (χ2v) is 6.57. The molecule has 0 saturated carbocycles. The monoisotopic (exact) mass is 386 g/mol. The van der Waals surface area contributed by atoms with Crippen LogP contribution in [0.25, 0.3) is 6.08 Å². The molecule has 0 aliphatic carbocycles. The van der Waals surface area contributed by atoms with Crippen molar-refractivity contribution in [1.82, 2.24) is 0 Å². The van der Waals surface area contributed by atoms with Crippen molar-refractivity contribution in [3.63, 3.8) is 0 Å². The van der Waals surface area contributed by atoms with E-state index < -0.39 is 17.7 Å². The summed E-state index contributed by atoms with van der Waals surface area (Å²) >= 11 is 0. The second kappa shape index (κ2) is 7.72. The van der Waals surface area contributed by atoms with Crippen LogP contribution in [0.15, 0.2) is 48.0 Å². The number of hydrogen-bond acceptors (Lipinski definition) is 6. The minimum Gasteiger partial charge on any atom is -0.493 e. The van der Waals surface area contributed by atoms with Gasteiger partial charge in [-0.05, 0) is 41.5 Å². The van der Waals surface area contributed by atoms with Gasteiger partial charge in [0, 0.05) is 13.8 Å². The third kappa shape index (κ3) is 4.49. The average molecular weight is 386 g/mol. The van der Waals surface area contributed by atoms with Crippen molar-refractivity contribution in [2.75, 3.05) is 7.11 Å². The molecule has 0 radical (unpaired) electrons. The number of hydrogen-bond donors (Lipinski definition) is 0. The number of rotatable bonds is 5. The molecule has 0 aromatic heterocycles. The van der Waals surface area contributed by atoms with E-state index in [1.54, 1.807) is 30.3 Å². The van der Waals surface area contributed by atoms with Crippen LogP contribution >= 0.6 is 0 Å². The molecule has 1 heterocycles. The molecule has 28 heavy (non-hydrogen) atoms. The molecule has 2 aromatic carbocycles. The molecular weight excluding hydrogens is 367 g/mol. The maximum absolute atomic E-state index is 13.3. The smallest absolute Gasteiger partial charge is 0.348 e. The SMILES string of the molecule is COc1ccc(C=C2C(=O)OC(C)(C)OC2=O)cc1OCc1cccc(F)c1. The Morgan fingerprint density at radius 3 is 2.39 bits per heavy atom. The zero-order valence-electron chi connectivity index (χ0n) is 15.7.